The largest absolute Gasteiger partial charge is 0.480 e. The zero-order valence-electron chi connectivity index (χ0n) is 21.5. The van der Waals surface area contributed by atoms with Crippen LogP contribution in [0.4, 0.5) is 0 Å². The fourth-order valence-corrected chi connectivity index (χ4v) is 3.23. The molecule has 0 aliphatic rings. The normalized spacial score (nSPS) is 11.9. The average molecular weight is 525 g/mol. The Morgan fingerprint density at radius 3 is 2.00 bits per heavy atom. The molecule has 0 unspecified atom stereocenters. The number of amides is 2. The number of nitrogens with zero attached hydrogens (tertiary/aromatic N) is 1. The smallest absolute Gasteiger partial charge is 0.317 e. The molecule has 0 aliphatic heterocycles. The summed E-state index contributed by atoms with van der Waals surface area (Å²) in [5.41, 5.74) is 9.88. The Hall–Kier alpha value is -3.10. The number of carboxylic acid groups (broad SMARTS) is 2. The first-order chi connectivity index (χ1) is 17.6. The van der Waals surface area contributed by atoms with Gasteiger partial charge in [0, 0.05) is 32.7 Å². The van der Waals surface area contributed by atoms with Gasteiger partial charge in [-0.05, 0) is 23.5 Å². The molecule has 1 aromatic carbocycles. The maximum atomic E-state index is 12.5. The van der Waals surface area contributed by atoms with Crippen molar-refractivity contribution in [1.82, 2.24) is 26.3 Å². The third-order valence-corrected chi connectivity index (χ3v) is 5.12. The summed E-state index contributed by atoms with van der Waals surface area (Å²) in [5, 5.41) is 25.8. The predicted molar refractivity (Wildman–Crippen MR) is 136 cm³/mol. The van der Waals surface area contributed by atoms with Gasteiger partial charge in [0.15, 0.2) is 0 Å². The molecule has 1 atom stereocenters. The van der Waals surface area contributed by atoms with Crippen molar-refractivity contribution in [2.45, 2.75) is 39.5 Å². The van der Waals surface area contributed by atoms with Crippen molar-refractivity contribution in [2.24, 2.45) is 11.7 Å². The van der Waals surface area contributed by atoms with Gasteiger partial charge < -0.3 is 31.9 Å². The van der Waals surface area contributed by atoms with E-state index in [9.17, 15) is 19.2 Å². The van der Waals surface area contributed by atoms with Crippen LogP contribution in [0.1, 0.15) is 31.4 Å². The van der Waals surface area contributed by atoms with Crippen LogP contribution in [0.5, 0.6) is 0 Å². The van der Waals surface area contributed by atoms with Gasteiger partial charge in [0.2, 0.25) is 5.91 Å². The standard InChI is InChI=1S/C24H40N6O7/c1-17(2)11-20(25)24(36)29-37-16-19-5-3-18(4-6-19)12-28-21(31)15-30(9-7-26-13-22(32)33)10-8-27-14-23(34)35/h3-6,17,20,26-27H,7-16,25H2,1-2H3,(H,28,31)(H,29,36)(H,32,33)(H,34,35)/t20-/m1/s1. The van der Waals surface area contributed by atoms with E-state index < -0.39 is 18.0 Å². The second kappa shape index (κ2) is 18.2. The number of carbonyl (C=O) groups is 4. The molecule has 0 fully saturated rings. The number of rotatable bonds is 20. The minimum Gasteiger partial charge on any atom is -0.480 e. The molecule has 37 heavy (non-hydrogen) atoms. The summed E-state index contributed by atoms with van der Waals surface area (Å²) in [5.74, 6) is -2.22. The third-order valence-electron chi connectivity index (χ3n) is 5.12. The predicted octanol–water partition coefficient (Wildman–Crippen LogP) is -1.13. The van der Waals surface area contributed by atoms with E-state index in [4.69, 9.17) is 20.8 Å². The molecule has 0 saturated heterocycles. The second-order valence-electron chi connectivity index (χ2n) is 9.00. The number of benzene rings is 1. The maximum Gasteiger partial charge on any atom is 0.317 e. The highest BCUT2D eigenvalue weighted by atomic mass is 16.6. The number of nitrogens with two attached hydrogens (primary N) is 1. The second-order valence-corrected chi connectivity index (χ2v) is 9.00. The van der Waals surface area contributed by atoms with Crippen LogP contribution in [0.25, 0.3) is 0 Å². The van der Waals surface area contributed by atoms with Crippen LogP contribution in [0, 0.1) is 5.92 Å². The van der Waals surface area contributed by atoms with Gasteiger partial charge in [0.05, 0.1) is 32.3 Å². The highest BCUT2D eigenvalue weighted by molar-refractivity contribution is 5.80. The minimum atomic E-state index is -0.972. The van der Waals surface area contributed by atoms with E-state index in [0.29, 0.717) is 45.1 Å². The Kier molecular flexibility index (Phi) is 15.7. The number of hydroxylamine groups is 1. The Bertz CT molecular complexity index is 828. The molecular formula is C24H40N6O7. The van der Waals surface area contributed by atoms with Crippen LogP contribution in [0.3, 0.4) is 0 Å². The van der Waals surface area contributed by atoms with Gasteiger partial charge in [0.1, 0.15) is 0 Å². The summed E-state index contributed by atoms with van der Waals surface area (Å²) in [7, 11) is 0. The van der Waals surface area contributed by atoms with Crippen molar-refractivity contribution in [2.75, 3.05) is 45.8 Å². The summed E-state index contributed by atoms with van der Waals surface area (Å²) in [6.45, 7) is 5.74. The van der Waals surface area contributed by atoms with Gasteiger partial charge >= 0.3 is 11.9 Å². The SMILES string of the molecule is CC(C)C[C@@H](N)C(=O)NOCc1ccc(CNC(=O)CN(CCNCC(=O)O)CCNCC(=O)O)cc1. The summed E-state index contributed by atoms with van der Waals surface area (Å²) < 4.78 is 0. The van der Waals surface area contributed by atoms with E-state index in [1.807, 2.05) is 38.1 Å². The summed E-state index contributed by atoms with van der Waals surface area (Å²) in [6.07, 6.45) is 0.566. The molecule has 13 nitrogen and oxygen atoms in total. The van der Waals surface area contributed by atoms with E-state index in [1.54, 1.807) is 4.90 Å². The van der Waals surface area contributed by atoms with Crippen LogP contribution < -0.4 is 27.2 Å². The number of carbonyl (C=O) groups excluding carboxylic acids is 2. The first-order valence-electron chi connectivity index (χ1n) is 12.2. The molecule has 0 bridgehead atoms. The molecular weight excluding hydrogens is 484 g/mol. The first-order valence-corrected chi connectivity index (χ1v) is 12.2. The molecule has 0 aromatic heterocycles. The van der Waals surface area contributed by atoms with Crippen LogP contribution in [-0.2, 0) is 37.2 Å². The van der Waals surface area contributed by atoms with E-state index in [-0.39, 0.29) is 38.1 Å². The van der Waals surface area contributed by atoms with Crippen LogP contribution in [0.15, 0.2) is 24.3 Å². The number of carboxylic acids is 2. The highest BCUT2D eigenvalue weighted by Gasteiger charge is 2.15. The van der Waals surface area contributed by atoms with Gasteiger partial charge in [-0.1, -0.05) is 38.1 Å². The molecule has 0 heterocycles. The average Bonchev–Trinajstić information content (AvgIpc) is 2.83. The zero-order chi connectivity index (χ0) is 27.6. The first kappa shape index (κ1) is 31.9. The monoisotopic (exact) mass is 524 g/mol. The lowest BCUT2D eigenvalue weighted by atomic mass is 10.0. The van der Waals surface area contributed by atoms with Crippen LogP contribution >= 0.6 is 0 Å². The summed E-state index contributed by atoms with van der Waals surface area (Å²) in [6, 6.07) is 6.72. The minimum absolute atomic E-state index is 0.0775. The van der Waals surface area contributed by atoms with Crippen molar-refractivity contribution in [1.29, 1.82) is 0 Å². The van der Waals surface area contributed by atoms with E-state index in [1.165, 1.54) is 0 Å². The van der Waals surface area contributed by atoms with Gasteiger partial charge in [-0.15, -0.1) is 0 Å². The molecule has 208 valence electrons. The fourth-order valence-electron chi connectivity index (χ4n) is 3.23. The summed E-state index contributed by atoms with van der Waals surface area (Å²) in [4.78, 5) is 52.7. The van der Waals surface area contributed by atoms with Gasteiger partial charge in [-0.25, -0.2) is 5.48 Å². The van der Waals surface area contributed by atoms with Gasteiger partial charge in [0.25, 0.3) is 5.91 Å². The van der Waals surface area contributed by atoms with E-state index >= 15 is 0 Å². The number of hydrogen-bond donors (Lipinski definition) is 7. The molecule has 8 N–H and O–H groups in total. The molecule has 0 radical (unpaired) electrons. The lowest BCUT2D eigenvalue weighted by Crippen LogP contribution is -2.43. The molecule has 1 aromatic rings. The quantitative estimate of drug-likeness (QED) is 0.0806. The fraction of sp³-hybridized carbons (Fsp3) is 0.583. The molecule has 0 saturated carbocycles. The van der Waals surface area contributed by atoms with Crippen LogP contribution in [0.2, 0.25) is 0 Å². The Labute approximate surface area is 217 Å². The van der Waals surface area contributed by atoms with Crippen molar-refractivity contribution >= 4 is 23.8 Å². The van der Waals surface area contributed by atoms with Crippen molar-refractivity contribution < 1.29 is 34.2 Å². The van der Waals surface area contributed by atoms with E-state index in [0.717, 1.165) is 11.1 Å². The maximum absolute atomic E-state index is 12.5. The molecule has 0 spiro atoms. The zero-order valence-corrected chi connectivity index (χ0v) is 21.5. The van der Waals surface area contributed by atoms with Crippen molar-refractivity contribution in [3.63, 3.8) is 0 Å². The topological polar surface area (TPSA) is 195 Å². The Balaban J connectivity index is 2.43. The van der Waals surface area contributed by atoms with Crippen molar-refractivity contribution in [3.05, 3.63) is 35.4 Å². The van der Waals surface area contributed by atoms with E-state index in [2.05, 4.69) is 21.4 Å². The Morgan fingerprint density at radius 1 is 0.946 bits per heavy atom. The highest BCUT2D eigenvalue weighted by Crippen LogP contribution is 2.06. The van der Waals surface area contributed by atoms with Crippen molar-refractivity contribution in [3.8, 4) is 0 Å². The molecule has 1 rings (SSSR count). The molecule has 13 heteroatoms. The molecule has 2 amide bonds. The van der Waals surface area contributed by atoms with Crippen LogP contribution in [-0.4, -0.2) is 90.7 Å². The lowest BCUT2D eigenvalue weighted by Gasteiger charge is -2.22. The van der Waals surface area contributed by atoms with Gasteiger partial charge in [-0.2, -0.15) is 0 Å². The number of aliphatic carboxylic acids is 2. The molecule has 0 aliphatic carbocycles. The summed E-state index contributed by atoms with van der Waals surface area (Å²) >= 11 is 0. The number of hydrogen-bond acceptors (Lipinski definition) is 9. The number of nitrogens with one attached hydrogen (secondary N) is 4. The van der Waals surface area contributed by atoms with Gasteiger partial charge in [-0.3, -0.25) is 28.9 Å². The lowest BCUT2D eigenvalue weighted by molar-refractivity contribution is -0.136. The Morgan fingerprint density at radius 2 is 1.49 bits per heavy atom. The third kappa shape index (κ3) is 16.3.